The molecule has 3 aromatic rings. The molecule has 0 saturated heterocycles. The zero-order valence-corrected chi connectivity index (χ0v) is 16.8. The normalized spacial score (nSPS) is 14.2. The fraction of sp³-hybridized carbons (Fsp3) is 0.0833. The van der Waals surface area contributed by atoms with Crippen molar-refractivity contribution in [1.82, 2.24) is 0 Å². The molecule has 3 aromatic carbocycles. The van der Waals surface area contributed by atoms with E-state index < -0.39 is 23.6 Å². The lowest BCUT2D eigenvalue weighted by Crippen LogP contribution is -2.32. The molecule has 162 valence electrons. The summed E-state index contributed by atoms with van der Waals surface area (Å²) in [4.78, 5) is 27.5. The summed E-state index contributed by atoms with van der Waals surface area (Å²) in [5.74, 6) is -0.862. The number of carbonyl (C=O) groups is 2. The number of rotatable bonds is 5. The Morgan fingerprint density at radius 1 is 0.812 bits per heavy atom. The number of nitrogens with one attached hydrogen (secondary N) is 1. The fourth-order valence-electron chi connectivity index (χ4n) is 3.43. The average molecular weight is 438 g/mol. The van der Waals surface area contributed by atoms with Gasteiger partial charge in [-0.1, -0.05) is 42.5 Å². The molecule has 0 radical (unpaired) electrons. The molecule has 0 aromatic heterocycles. The van der Waals surface area contributed by atoms with Gasteiger partial charge >= 0.3 is 6.18 Å². The highest BCUT2D eigenvalue weighted by Gasteiger charge is 2.41. The summed E-state index contributed by atoms with van der Waals surface area (Å²) < 4.78 is 44.1. The van der Waals surface area contributed by atoms with Crippen LogP contribution in [0.25, 0.3) is 5.57 Å². The number of halogens is 3. The van der Waals surface area contributed by atoms with Gasteiger partial charge in [-0.2, -0.15) is 13.2 Å². The number of amides is 2. The summed E-state index contributed by atoms with van der Waals surface area (Å²) >= 11 is 0. The Balaban J connectivity index is 1.78. The monoisotopic (exact) mass is 438 g/mol. The SMILES string of the molecule is COc1ccccc1NC1=C(c2ccccc2)C(=O)N(c2ccc(C(F)(F)F)cc2)C1=O. The first kappa shape index (κ1) is 21.2. The van der Waals surface area contributed by atoms with Crippen molar-refractivity contribution in [3.63, 3.8) is 0 Å². The molecule has 32 heavy (non-hydrogen) atoms. The van der Waals surface area contributed by atoms with Crippen LogP contribution in [-0.2, 0) is 15.8 Å². The van der Waals surface area contributed by atoms with E-state index >= 15 is 0 Å². The number of carbonyl (C=O) groups excluding carboxylic acids is 2. The standard InChI is InChI=1S/C24H17F3N2O3/c1-32-19-10-6-5-9-18(19)28-21-20(15-7-3-2-4-8-15)22(30)29(23(21)31)17-13-11-16(12-14-17)24(25,26)27/h2-14,28H,1H3. The van der Waals surface area contributed by atoms with Gasteiger partial charge in [0, 0.05) is 0 Å². The second kappa shape index (κ2) is 8.22. The van der Waals surface area contributed by atoms with Crippen molar-refractivity contribution in [1.29, 1.82) is 0 Å². The van der Waals surface area contributed by atoms with Crippen LogP contribution in [0.5, 0.6) is 5.75 Å². The lowest BCUT2D eigenvalue weighted by molar-refractivity contribution is -0.137. The van der Waals surface area contributed by atoms with E-state index in [9.17, 15) is 22.8 Å². The zero-order chi connectivity index (χ0) is 22.9. The van der Waals surface area contributed by atoms with Gasteiger partial charge in [-0.25, -0.2) is 4.90 Å². The van der Waals surface area contributed by atoms with Crippen LogP contribution >= 0.6 is 0 Å². The predicted molar refractivity (Wildman–Crippen MR) is 114 cm³/mol. The quantitative estimate of drug-likeness (QED) is 0.563. The van der Waals surface area contributed by atoms with Crippen molar-refractivity contribution in [3.05, 3.63) is 95.7 Å². The third-order valence-corrected chi connectivity index (χ3v) is 4.97. The Morgan fingerprint density at radius 3 is 2.06 bits per heavy atom. The molecule has 4 rings (SSSR count). The van der Waals surface area contributed by atoms with Crippen LogP contribution < -0.4 is 15.0 Å². The number of methoxy groups -OCH3 is 1. The van der Waals surface area contributed by atoms with Crippen LogP contribution in [0, 0.1) is 0 Å². The summed E-state index contributed by atoms with van der Waals surface area (Å²) in [5, 5.41) is 2.99. The molecule has 0 aliphatic carbocycles. The van der Waals surface area contributed by atoms with Crippen molar-refractivity contribution < 1.29 is 27.5 Å². The van der Waals surface area contributed by atoms with Gasteiger partial charge in [0.25, 0.3) is 11.8 Å². The second-order valence-corrected chi connectivity index (χ2v) is 6.93. The molecule has 8 heteroatoms. The van der Waals surface area contributed by atoms with Crippen LogP contribution in [0.4, 0.5) is 24.5 Å². The maximum absolute atomic E-state index is 13.3. The van der Waals surface area contributed by atoms with Gasteiger partial charge in [-0.05, 0) is 42.0 Å². The smallest absolute Gasteiger partial charge is 0.416 e. The number of nitrogens with zero attached hydrogens (tertiary/aromatic N) is 1. The Kier molecular flexibility index (Phi) is 5.44. The number of hydrogen-bond donors (Lipinski definition) is 1. The Hall–Kier alpha value is -4.07. The number of alkyl halides is 3. The molecule has 0 saturated carbocycles. The maximum atomic E-state index is 13.3. The van der Waals surface area contributed by atoms with Gasteiger partial charge in [-0.15, -0.1) is 0 Å². The molecule has 5 nitrogen and oxygen atoms in total. The number of para-hydroxylation sites is 2. The first-order valence-corrected chi connectivity index (χ1v) is 9.57. The minimum atomic E-state index is -4.53. The van der Waals surface area contributed by atoms with E-state index in [1.807, 2.05) is 0 Å². The van der Waals surface area contributed by atoms with Crippen molar-refractivity contribution in [3.8, 4) is 5.75 Å². The minimum Gasteiger partial charge on any atom is -0.495 e. The van der Waals surface area contributed by atoms with Gasteiger partial charge in [0.2, 0.25) is 0 Å². The second-order valence-electron chi connectivity index (χ2n) is 6.93. The van der Waals surface area contributed by atoms with E-state index in [1.54, 1.807) is 54.6 Å². The Morgan fingerprint density at radius 2 is 1.44 bits per heavy atom. The molecular weight excluding hydrogens is 421 g/mol. The molecular formula is C24H17F3N2O3. The molecule has 1 aliphatic rings. The van der Waals surface area contributed by atoms with Crippen LogP contribution in [0.3, 0.4) is 0 Å². The number of hydrogen-bond acceptors (Lipinski definition) is 4. The van der Waals surface area contributed by atoms with Gasteiger partial charge in [0.1, 0.15) is 11.4 Å². The number of ether oxygens (including phenoxy) is 1. The number of benzene rings is 3. The van der Waals surface area contributed by atoms with Crippen LogP contribution in [0.15, 0.2) is 84.6 Å². The van der Waals surface area contributed by atoms with Crippen LogP contribution in [0.1, 0.15) is 11.1 Å². The van der Waals surface area contributed by atoms with E-state index in [1.165, 1.54) is 7.11 Å². The summed E-state index contributed by atoms with van der Waals surface area (Å²) in [6.45, 7) is 0. The van der Waals surface area contributed by atoms with E-state index in [0.29, 0.717) is 17.0 Å². The molecule has 2 amide bonds. The van der Waals surface area contributed by atoms with E-state index in [0.717, 1.165) is 29.2 Å². The van der Waals surface area contributed by atoms with Crippen molar-refractivity contribution >= 4 is 28.8 Å². The number of imide groups is 1. The van der Waals surface area contributed by atoms with E-state index in [-0.39, 0.29) is 17.0 Å². The topological polar surface area (TPSA) is 58.6 Å². The maximum Gasteiger partial charge on any atom is 0.416 e. The molecule has 0 unspecified atom stereocenters. The molecule has 0 spiro atoms. The van der Waals surface area contributed by atoms with E-state index in [2.05, 4.69) is 5.32 Å². The third kappa shape index (κ3) is 3.82. The minimum absolute atomic E-state index is 0.00518. The van der Waals surface area contributed by atoms with Gasteiger partial charge in [0.05, 0.1) is 29.6 Å². The highest BCUT2D eigenvalue weighted by atomic mass is 19.4. The molecule has 1 N–H and O–H groups in total. The van der Waals surface area contributed by atoms with Gasteiger partial charge < -0.3 is 10.1 Å². The predicted octanol–water partition coefficient (Wildman–Crippen LogP) is 5.11. The molecule has 1 heterocycles. The molecule has 0 bridgehead atoms. The van der Waals surface area contributed by atoms with Gasteiger partial charge in [-0.3, -0.25) is 9.59 Å². The molecule has 0 fully saturated rings. The van der Waals surface area contributed by atoms with Crippen molar-refractivity contribution in [2.45, 2.75) is 6.18 Å². The molecule has 1 aliphatic heterocycles. The lowest BCUT2D eigenvalue weighted by atomic mass is 10.0. The summed E-state index contributed by atoms with van der Waals surface area (Å²) in [6, 6.07) is 19.3. The molecule has 0 atom stereocenters. The largest absolute Gasteiger partial charge is 0.495 e. The summed E-state index contributed by atoms with van der Waals surface area (Å²) in [5.41, 5.74) is 0.251. The fourth-order valence-corrected chi connectivity index (χ4v) is 3.43. The lowest BCUT2D eigenvalue weighted by Gasteiger charge is -2.17. The number of anilines is 2. The Bertz CT molecular complexity index is 1200. The zero-order valence-electron chi connectivity index (χ0n) is 16.8. The van der Waals surface area contributed by atoms with E-state index in [4.69, 9.17) is 4.74 Å². The van der Waals surface area contributed by atoms with Crippen LogP contribution in [0.2, 0.25) is 0 Å². The first-order chi connectivity index (χ1) is 15.3. The van der Waals surface area contributed by atoms with Crippen molar-refractivity contribution in [2.24, 2.45) is 0 Å². The Labute approximate surface area is 181 Å². The van der Waals surface area contributed by atoms with Gasteiger partial charge in [0.15, 0.2) is 0 Å². The summed E-state index contributed by atoms with van der Waals surface area (Å²) in [7, 11) is 1.48. The van der Waals surface area contributed by atoms with Crippen molar-refractivity contribution in [2.75, 3.05) is 17.3 Å². The summed E-state index contributed by atoms with van der Waals surface area (Å²) in [6.07, 6.45) is -4.53. The van der Waals surface area contributed by atoms with Crippen LogP contribution in [-0.4, -0.2) is 18.9 Å². The highest BCUT2D eigenvalue weighted by Crippen LogP contribution is 2.37. The third-order valence-electron chi connectivity index (χ3n) is 4.97. The highest BCUT2D eigenvalue weighted by molar-refractivity contribution is 6.46. The average Bonchev–Trinajstić information content (AvgIpc) is 3.03. The first-order valence-electron chi connectivity index (χ1n) is 9.57.